The number of hydrogen-bond acceptors (Lipinski definition) is 5. The zero-order valence-electron chi connectivity index (χ0n) is 20.7. The second-order valence-corrected chi connectivity index (χ2v) is 11.0. The van der Waals surface area contributed by atoms with Crippen molar-refractivity contribution in [2.24, 2.45) is 16.1 Å². The zero-order valence-corrected chi connectivity index (χ0v) is 21.5. The van der Waals surface area contributed by atoms with Gasteiger partial charge < -0.3 is 21.4 Å². The summed E-state index contributed by atoms with van der Waals surface area (Å²) in [6, 6.07) is 11.4. The second kappa shape index (κ2) is 11.5. The molecule has 1 aromatic heterocycles. The summed E-state index contributed by atoms with van der Waals surface area (Å²) in [5.74, 6) is -0.843. The van der Waals surface area contributed by atoms with Crippen LogP contribution in [0.3, 0.4) is 0 Å². The fraction of sp³-hybridized carbons (Fsp3) is 0.333. The lowest BCUT2D eigenvalue weighted by Gasteiger charge is -2.22. The Morgan fingerprint density at radius 3 is 2.36 bits per heavy atom. The number of nitrogens with one attached hydrogen (secondary N) is 1. The van der Waals surface area contributed by atoms with Gasteiger partial charge in [0.15, 0.2) is 0 Å². The molecular weight excluding hydrogens is 493 g/mol. The number of hydrogen-bond donors (Lipinski definition) is 2. The molecule has 0 spiro atoms. The molecule has 0 saturated carbocycles. The first-order valence-corrected chi connectivity index (χ1v) is 12.6. The molecule has 196 valence electrons. The molecule has 0 amide bonds. The molecule has 1 aromatic carbocycles. The fourth-order valence-electron chi connectivity index (χ4n) is 2.77. The van der Waals surface area contributed by atoms with Gasteiger partial charge in [0.25, 0.3) is 0 Å². The van der Waals surface area contributed by atoms with Crippen molar-refractivity contribution in [2.45, 2.75) is 33.5 Å². The lowest BCUT2D eigenvalue weighted by atomic mass is 9.95. The minimum Gasteiger partial charge on any atom is -0.453 e. The van der Waals surface area contributed by atoms with Crippen LogP contribution in [0, 0.1) is 5.41 Å². The molecule has 0 aliphatic heterocycles. The summed E-state index contributed by atoms with van der Waals surface area (Å²) in [6.45, 7) is 5.16. The largest absolute Gasteiger partial charge is 0.453 e. The number of alkyl halides is 3. The van der Waals surface area contributed by atoms with E-state index in [-0.39, 0.29) is 12.4 Å². The third-order valence-electron chi connectivity index (χ3n) is 4.65. The Bertz CT molecular complexity index is 1230. The number of aliphatic imine (C=N–C) groups is 1. The van der Waals surface area contributed by atoms with Crippen LogP contribution in [0.2, 0.25) is 0 Å². The van der Waals surface area contributed by atoms with Crippen molar-refractivity contribution in [1.29, 1.82) is 0 Å². The van der Waals surface area contributed by atoms with Crippen molar-refractivity contribution in [3.63, 3.8) is 0 Å². The summed E-state index contributed by atoms with van der Waals surface area (Å²) < 4.78 is 66.9. The van der Waals surface area contributed by atoms with Gasteiger partial charge in [-0.1, -0.05) is 57.2 Å². The zero-order chi connectivity index (χ0) is 27.1. The number of aromatic nitrogens is 1. The highest BCUT2D eigenvalue weighted by Crippen LogP contribution is 2.32. The highest BCUT2D eigenvalue weighted by atomic mass is 32.2. The number of halogens is 3. The lowest BCUT2D eigenvalue weighted by molar-refractivity contribution is -0.0890. The first-order valence-electron chi connectivity index (χ1n) is 10.8. The quantitative estimate of drug-likeness (QED) is 0.282. The predicted molar refractivity (Wildman–Crippen MR) is 138 cm³/mol. The van der Waals surface area contributed by atoms with Crippen LogP contribution in [0.1, 0.15) is 26.3 Å². The van der Waals surface area contributed by atoms with Gasteiger partial charge >= 0.3 is 6.18 Å². The first kappa shape index (κ1) is 28.7. The highest BCUT2D eigenvalue weighted by Gasteiger charge is 2.34. The van der Waals surface area contributed by atoms with E-state index >= 15 is 0 Å². The van der Waals surface area contributed by atoms with Crippen LogP contribution in [-0.4, -0.2) is 38.8 Å². The third kappa shape index (κ3) is 8.91. The van der Waals surface area contributed by atoms with Gasteiger partial charge in [0.05, 0.1) is 17.6 Å². The summed E-state index contributed by atoms with van der Waals surface area (Å²) in [4.78, 5) is 8.02. The number of nitrogens with two attached hydrogens (primary N) is 1. The van der Waals surface area contributed by atoms with Crippen LogP contribution >= 0.6 is 0 Å². The molecule has 0 atom stereocenters. The second-order valence-electron chi connectivity index (χ2n) is 8.95. The van der Waals surface area contributed by atoms with Gasteiger partial charge in [-0.3, -0.25) is 4.31 Å². The molecule has 3 N–H and O–H groups in total. The molecule has 1 heterocycles. The van der Waals surface area contributed by atoms with E-state index in [0.717, 1.165) is 16.6 Å². The molecule has 0 saturated heterocycles. The van der Waals surface area contributed by atoms with Gasteiger partial charge in [-0.05, 0) is 23.6 Å². The molecule has 2 aromatic rings. The van der Waals surface area contributed by atoms with Crippen molar-refractivity contribution in [1.82, 2.24) is 4.98 Å². The number of pyridine rings is 1. The van der Waals surface area contributed by atoms with E-state index in [1.54, 1.807) is 63.2 Å². The van der Waals surface area contributed by atoms with Crippen molar-refractivity contribution in [3.8, 4) is 0 Å². The number of anilines is 2. The summed E-state index contributed by atoms with van der Waals surface area (Å²) in [7, 11) is -2.27. The highest BCUT2D eigenvalue weighted by molar-refractivity contribution is 7.92. The number of benzene rings is 1. The molecule has 12 heteroatoms. The maximum atomic E-state index is 14.0. The summed E-state index contributed by atoms with van der Waals surface area (Å²) in [5, 5.41) is 6.76. The van der Waals surface area contributed by atoms with Crippen LogP contribution in [-0.2, 0) is 16.6 Å². The van der Waals surface area contributed by atoms with Crippen LogP contribution in [0.5, 0.6) is 0 Å². The first-order chi connectivity index (χ1) is 16.6. The van der Waals surface area contributed by atoms with E-state index in [9.17, 15) is 21.6 Å². The van der Waals surface area contributed by atoms with Crippen LogP contribution in [0.25, 0.3) is 5.32 Å². The standard InChI is InChI=1S/C24H30F3N6O2S/c1-23(2,3)14-13-19(24(25,26)27)20(31-18-11-7-6-8-12-18)32-22(28)30-16-17-10-9-15-29-21(17)33(4)36(5,34)35/h6-15,31H,16H2,1-5H3,(H2-,28,30,32)/q-1/b14-13+,20-19+. The summed E-state index contributed by atoms with van der Waals surface area (Å²) in [5.41, 5.74) is 5.14. The smallest absolute Gasteiger partial charge is 0.418 e. The van der Waals surface area contributed by atoms with Crippen LogP contribution in [0.4, 0.5) is 24.7 Å². The average Bonchev–Trinajstić information content (AvgIpc) is 2.75. The number of allylic oxidation sites excluding steroid dienone is 3. The maximum Gasteiger partial charge on any atom is 0.418 e. The van der Waals surface area contributed by atoms with Gasteiger partial charge in [-0.25, -0.2) is 13.4 Å². The van der Waals surface area contributed by atoms with Crippen molar-refractivity contribution in [3.05, 3.63) is 83.1 Å². The van der Waals surface area contributed by atoms with E-state index in [0.29, 0.717) is 11.3 Å². The Kier molecular flexibility index (Phi) is 9.14. The van der Waals surface area contributed by atoms with Crippen molar-refractivity contribution >= 4 is 27.5 Å². The molecule has 0 radical (unpaired) electrons. The molecule has 0 aliphatic rings. The summed E-state index contributed by atoms with van der Waals surface area (Å²) in [6.07, 6.45) is 0.0856. The Balaban J connectivity index is 2.47. The van der Waals surface area contributed by atoms with Gasteiger partial charge in [0.2, 0.25) is 10.0 Å². The Labute approximate surface area is 209 Å². The van der Waals surface area contributed by atoms with E-state index in [1.807, 2.05) is 0 Å². The van der Waals surface area contributed by atoms with Gasteiger partial charge in [-0.15, -0.1) is 0 Å². The lowest BCUT2D eigenvalue weighted by Crippen LogP contribution is -2.27. The molecule has 8 nitrogen and oxygen atoms in total. The Hall–Kier alpha value is -3.54. The Morgan fingerprint density at radius 1 is 1.17 bits per heavy atom. The van der Waals surface area contributed by atoms with Gasteiger partial charge in [0, 0.05) is 37.0 Å². The topological polar surface area (TPSA) is 115 Å². The van der Waals surface area contributed by atoms with E-state index < -0.39 is 39.0 Å². The SMILES string of the molecule is CN(c1ncccc1C[N-]C(N)=N/C(Nc1ccccc1)=C(\C=C\C(C)(C)C)C(F)(F)F)S(C)(=O)=O. The number of nitrogens with zero attached hydrogens (tertiary/aromatic N) is 4. The molecule has 0 aliphatic carbocycles. The molecule has 0 unspecified atom stereocenters. The minimum atomic E-state index is -4.74. The maximum absolute atomic E-state index is 14.0. The predicted octanol–water partition coefficient (Wildman–Crippen LogP) is 5.15. The minimum absolute atomic E-state index is 0.124. The fourth-order valence-corrected chi connectivity index (χ4v) is 3.24. The van der Waals surface area contributed by atoms with E-state index in [4.69, 9.17) is 5.73 Å². The Morgan fingerprint density at radius 2 is 1.81 bits per heavy atom. The monoisotopic (exact) mass is 523 g/mol. The van der Waals surface area contributed by atoms with Crippen LogP contribution in [0.15, 0.2) is 77.2 Å². The normalized spacial score (nSPS) is 13.9. The van der Waals surface area contributed by atoms with Gasteiger partial charge in [-0.2, -0.15) is 13.2 Å². The molecular formula is C24H30F3N6O2S-. The molecule has 0 fully saturated rings. The number of rotatable bonds is 8. The average molecular weight is 524 g/mol. The molecule has 0 bridgehead atoms. The number of para-hydroxylation sites is 1. The van der Waals surface area contributed by atoms with E-state index in [2.05, 4.69) is 20.6 Å². The number of guanidine groups is 1. The summed E-state index contributed by atoms with van der Waals surface area (Å²) >= 11 is 0. The van der Waals surface area contributed by atoms with Crippen molar-refractivity contribution < 1.29 is 21.6 Å². The van der Waals surface area contributed by atoms with E-state index in [1.165, 1.54) is 19.3 Å². The molecule has 36 heavy (non-hydrogen) atoms. The molecule has 2 rings (SSSR count). The van der Waals surface area contributed by atoms with Crippen LogP contribution < -0.4 is 15.4 Å². The number of sulfonamides is 1. The van der Waals surface area contributed by atoms with Gasteiger partial charge in [0.1, 0.15) is 5.82 Å². The third-order valence-corrected chi connectivity index (χ3v) is 5.82. The van der Waals surface area contributed by atoms with Crippen molar-refractivity contribution in [2.75, 3.05) is 22.9 Å².